The average Bonchev–Trinajstić information content (AvgIpc) is 1.00. The van der Waals surface area contributed by atoms with Gasteiger partial charge in [-0.15, -0.1) is 0 Å². The topological polar surface area (TPSA) is 81.2 Å². The number of hydrogen-bond acceptors (Lipinski definition) is 3. The van der Waals surface area contributed by atoms with E-state index >= 15 is 0 Å². The quantitative estimate of drug-likeness (QED) is 0.308. The van der Waals surface area contributed by atoms with Crippen molar-refractivity contribution in [3.63, 3.8) is 0 Å². The molecule has 0 aromatic heterocycles. The zero-order valence-electron chi connectivity index (χ0n) is 4.44. The van der Waals surface area contributed by atoms with Crippen LogP contribution in [-0.4, -0.2) is 50.7 Å². The Morgan fingerprint density at radius 2 is 1.50 bits per heavy atom. The summed E-state index contributed by atoms with van der Waals surface area (Å²) in [5.41, 5.74) is 0. The average molecular weight is 140 g/mol. The molecule has 0 bridgehead atoms. The molecule has 3 nitrogen and oxygen atoms in total. The van der Waals surface area contributed by atoms with Crippen LogP contribution >= 0.6 is 0 Å². The Morgan fingerprint density at radius 1 is 1.50 bits per heavy atom. The van der Waals surface area contributed by atoms with Crippen molar-refractivity contribution in [1.82, 2.24) is 6.15 Å². The summed E-state index contributed by atoms with van der Waals surface area (Å²) in [6, 6.07) is 0. The van der Waals surface area contributed by atoms with E-state index < -0.39 is 0 Å². The zero-order valence-corrected chi connectivity index (χ0v) is 5.91. The van der Waals surface area contributed by atoms with Gasteiger partial charge in [0.25, 0.3) is 0 Å². The van der Waals surface area contributed by atoms with Crippen molar-refractivity contribution in [3.05, 3.63) is 0 Å². The van der Waals surface area contributed by atoms with E-state index in [9.17, 15) is 0 Å². The summed E-state index contributed by atoms with van der Waals surface area (Å²) in [7, 11) is 0. The monoisotopic (exact) mass is 140 g/mol. The summed E-state index contributed by atoms with van der Waals surface area (Å²) in [5, 5.41) is 6.50. The van der Waals surface area contributed by atoms with Crippen LogP contribution in [0.3, 0.4) is 0 Å². The second kappa shape index (κ2) is 26.6. The van der Waals surface area contributed by atoms with Crippen LogP contribution < -0.4 is 12.0 Å². The summed E-state index contributed by atoms with van der Waals surface area (Å²) in [6.07, 6.45) is 0. The summed E-state index contributed by atoms with van der Waals surface area (Å²) < 4.78 is 0. The van der Waals surface area contributed by atoms with Crippen molar-refractivity contribution < 1.29 is 8.06 Å². The Morgan fingerprint density at radius 3 is 1.50 bits per heavy atom. The molecule has 0 aromatic rings. The van der Waals surface area contributed by atoms with Crippen LogP contribution in [0.4, 0.5) is 0 Å². The van der Waals surface area contributed by atoms with Crippen LogP contribution in [0.2, 0.25) is 0 Å². The first kappa shape index (κ1) is 18.3. The van der Waals surface area contributed by atoms with E-state index in [0.717, 1.165) is 0 Å². The van der Waals surface area contributed by atoms with E-state index in [1.54, 1.807) is 0 Å². The molecule has 0 amide bonds. The Hall–Kier alpha value is 1.36. The Balaban J connectivity index is -0.000000000833. The van der Waals surface area contributed by atoms with Crippen LogP contribution in [-0.2, 0) is 0 Å². The summed E-state index contributed by atoms with van der Waals surface area (Å²) in [4.78, 5) is 0. The van der Waals surface area contributed by atoms with Crippen molar-refractivity contribution in [2.45, 2.75) is 0 Å². The fraction of sp³-hybridized carbons (Fsp3) is 0. The molecular formula is H8N2OSr. The largest absolute Gasteiger partial charge is 2.00 e. The molecule has 0 saturated carbocycles. The second-order valence-electron chi connectivity index (χ2n) is 0. The third-order valence-electron chi connectivity index (χ3n) is 0. The molecule has 4 heavy (non-hydrogen) atoms. The van der Waals surface area contributed by atoms with Crippen molar-refractivity contribution in [2.75, 3.05) is 0 Å². The molecule has 0 radical (unpaired) electrons. The molecule has 0 rings (SSSR count). The molecule has 4 heteroatoms. The van der Waals surface area contributed by atoms with Crippen molar-refractivity contribution in [2.24, 2.45) is 5.90 Å². The van der Waals surface area contributed by atoms with E-state index in [2.05, 4.69) is 5.90 Å². The molecule has 0 unspecified atom stereocenters. The predicted molar refractivity (Wildman–Crippen MR) is 19.0 cm³/mol. The predicted octanol–water partition coefficient (Wildman–Crippen LogP) is -0.660. The maximum atomic E-state index is 6.50. The van der Waals surface area contributed by atoms with Crippen molar-refractivity contribution >= 4 is 45.5 Å². The van der Waals surface area contributed by atoms with Gasteiger partial charge in [-0.1, -0.05) is 0 Å². The van der Waals surface area contributed by atoms with Crippen molar-refractivity contribution in [1.29, 1.82) is 0 Å². The molecule has 0 spiro atoms. The van der Waals surface area contributed by atoms with Crippen LogP contribution in [0.1, 0.15) is 2.85 Å². The van der Waals surface area contributed by atoms with Gasteiger partial charge in [0.1, 0.15) is 0 Å². The zero-order chi connectivity index (χ0) is 2.00. The molecule has 0 heterocycles. The van der Waals surface area contributed by atoms with Gasteiger partial charge < -0.3 is 14.2 Å². The van der Waals surface area contributed by atoms with Gasteiger partial charge in [-0.05, 0) is 0 Å². The standard InChI is InChI=1S/H3NO.H3N.Sr.2H/c1-2;;;;/h2H,1H2;1H3;;;/q;;+2;2*-1. The number of hydrogen-bond donors (Lipinski definition) is 3. The van der Waals surface area contributed by atoms with E-state index in [4.69, 9.17) is 5.21 Å². The smallest absolute Gasteiger partial charge is 1.00 e. The molecule has 6 N–H and O–H groups in total. The molecule has 0 saturated heterocycles. The minimum Gasteiger partial charge on any atom is -1.00 e. The fourth-order valence-corrected chi connectivity index (χ4v) is 0. The van der Waals surface area contributed by atoms with E-state index in [1.165, 1.54) is 0 Å². The van der Waals surface area contributed by atoms with Crippen molar-refractivity contribution in [3.8, 4) is 0 Å². The van der Waals surface area contributed by atoms with Gasteiger partial charge in [0.15, 0.2) is 0 Å². The van der Waals surface area contributed by atoms with E-state index in [0.29, 0.717) is 0 Å². The minimum absolute atomic E-state index is 0. The van der Waals surface area contributed by atoms with Gasteiger partial charge in [-0.25, -0.2) is 5.90 Å². The van der Waals surface area contributed by atoms with Gasteiger partial charge >= 0.3 is 45.5 Å². The van der Waals surface area contributed by atoms with Gasteiger partial charge in [0.05, 0.1) is 0 Å². The molecule has 0 atom stereocenters. The van der Waals surface area contributed by atoms with Gasteiger partial charge in [0.2, 0.25) is 0 Å². The van der Waals surface area contributed by atoms with Gasteiger partial charge in [-0.2, -0.15) is 0 Å². The molecule has 26 valence electrons. The molecule has 0 fully saturated rings. The molecule has 0 aliphatic rings. The molecule has 0 aliphatic heterocycles. The van der Waals surface area contributed by atoms with Gasteiger partial charge in [0, 0.05) is 0 Å². The summed E-state index contributed by atoms with van der Waals surface area (Å²) in [6.45, 7) is 0. The number of nitrogens with two attached hydrogens (primary N) is 1. The Bertz CT molecular complexity index is 11.5. The molecule has 0 aliphatic carbocycles. The van der Waals surface area contributed by atoms with Gasteiger partial charge in [-0.3, -0.25) is 0 Å². The fourth-order valence-electron chi connectivity index (χ4n) is 0. The first-order valence-electron chi connectivity index (χ1n) is 0.258. The first-order chi connectivity index (χ1) is 1.00. The SMILES string of the molecule is N.NO.[H-].[H-].[Sr+2]. The summed E-state index contributed by atoms with van der Waals surface area (Å²) >= 11 is 0. The number of rotatable bonds is 0. The Labute approximate surface area is 65.0 Å². The van der Waals surface area contributed by atoms with Crippen LogP contribution in [0.5, 0.6) is 0 Å². The maximum Gasteiger partial charge on any atom is 2.00 e. The van der Waals surface area contributed by atoms with E-state index in [1.807, 2.05) is 0 Å². The Kier molecular flexibility index (Phi) is 122. The molecule has 0 aromatic carbocycles. The summed E-state index contributed by atoms with van der Waals surface area (Å²) in [5.74, 6) is 3.50. The first-order valence-corrected chi connectivity index (χ1v) is 0.258. The normalized spacial score (nSPS) is 1.50. The molecular weight excluding hydrogens is 132 g/mol. The van der Waals surface area contributed by atoms with Crippen LogP contribution in [0.15, 0.2) is 0 Å². The van der Waals surface area contributed by atoms with Crippen LogP contribution in [0, 0.1) is 0 Å². The van der Waals surface area contributed by atoms with Crippen LogP contribution in [0.25, 0.3) is 0 Å². The van der Waals surface area contributed by atoms with E-state index in [-0.39, 0.29) is 54.5 Å². The second-order valence-corrected chi connectivity index (χ2v) is 0. The third kappa shape index (κ3) is 10.1. The minimum atomic E-state index is 0. The third-order valence-corrected chi connectivity index (χ3v) is 0. The maximum absolute atomic E-state index is 6.50.